The number of anilines is 1. The molecule has 1 aliphatic rings. The maximum absolute atomic E-state index is 11.9. The second kappa shape index (κ2) is 5.27. The first-order valence-corrected chi connectivity index (χ1v) is 5.99. The monoisotopic (exact) mass is 268 g/mol. The summed E-state index contributed by atoms with van der Waals surface area (Å²) in [7, 11) is 0. The van der Waals surface area contributed by atoms with E-state index in [4.69, 9.17) is 16.7 Å². The lowest BCUT2D eigenvalue weighted by Crippen LogP contribution is -2.33. The van der Waals surface area contributed by atoms with Crippen LogP contribution in [0, 0.1) is 5.92 Å². The predicted octanol–water partition coefficient (Wildman–Crippen LogP) is 2.28. The maximum atomic E-state index is 11.9. The number of hydrogen-bond donors (Lipinski definition) is 2. The van der Waals surface area contributed by atoms with Gasteiger partial charge in [0.1, 0.15) is 0 Å². The Balaban J connectivity index is 1.98. The molecule has 1 aromatic carbocycles. The van der Waals surface area contributed by atoms with Crippen molar-refractivity contribution < 1.29 is 14.7 Å². The van der Waals surface area contributed by atoms with Crippen LogP contribution in [0.3, 0.4) is 0 Å². The molecule has 1 saturated heterocycles. The summed E-state index contributed by atoms with van der Waals surface area (Å²) in [5.41, 5.74) is 0.531. The van der Waals surface area contributed by atoms with E-state index in [1.54, 1.807) is 24.3 Å². The number of carbonyl (C=O) groups is 2. The molecule has 1 heterocycles. The molecule has 96 valence electrons. The maximum Gasteiger partial charge on any atom is 0.321 e. The van der Waals surface area contributed by atoms with Crippen LogP contribution in [-0.4, -0.2) is 35.1 Å². The molecule has 0 spiro atoms. The number of likely N-dealkylation sites (tertiary alicyclic amines) is 1. The summed E-state index contributed by atoms with van der Waals surface area (Å²) in [6.45, 7) is 0.693. The Labute approximate surface area is 109 Å². The molecule has 2 rings (SSSR count). The van der Waals surface area contributed by atoms with E-state index in [-0.39, 0.29) is 12.6 Å². The third-order valence-corrected chi connectivity index (χ3v) is 3.27. The van der Waals surface area contributed by atoms with Crippen molar-refractivity contribution in [3.63, 3.8) is 0 Å². The first-order chi connectivity index (χ1) is 8.58. The molecule has 6 heteroatoms. The molecule has 0 aliphatic carbocycles. The Bertz CT molecular complexity index is 478. The summed E-state index contributed by atoms with van der Waals surface area (Å²) >= 11 is 5.93. The largest absolute Gasteiger partial charge is 0.481 e. The Morgan fingerprint density at radius 1 is 1.39 bits per heavy atom. The van der Waals surface area contributed by atoms with E-state index >= 15 is 0 Å². The number of carboxylic acids is 1. The van der Waals surface area contributed by atoms with Gasteiger partial charge in [-0.3, -0.25) is 4.79 Å². The summed E-state index contributed by atoms with van der Waals surface area (Å²) in [4.78, 5) is 24.2. The zero-order valence-electron chi connectivity index (χ0n) is 9.60. The lowest BCUT2D eigenvalue weighted by atomic mass is 10.1. The van der Waals surface area contributed by atoms with Gasteiger partial charge < -0.3 is 15.3 Å². The smallest absolute Gasteiger partial charge is 0.321 e. The normalized spacial score (nSPS) is 18.7. The average molecular weight is 269 g/mol. The fraction of sp³-hybridized carbons (Fsp3) is 0.333. The van der Waals surface area contributed by atoms with Crippen molar-refractivity contribution in [2.75, 3.05) is 18.4 Å². The number of amides is 2. The van der Waals surface area contributed by atoms with Crippen LogP contribution in [0.25, 0.3) is 0 Å². The zero-order chi connectivity index (χ0) is 13.1. The summed E-state index contributed by atoms with van der Waals surface area (Å²) in [5.74, 6) is -1.33. The first-order valence-electron chi connectivity index (χ1n) is 5.61. The second-order valence-electron chi connectivity index (χ2n) is 4.18. The Kier molecular flexibility index (Phi) is 3.72. The van der Waals surface area contributed by atoms with E-state index < -0.39 is 11.9 Å². The molecule has 1 fully saturated rings. The number of hydrogen-bond acceptors (Lipinski definition) is 2. The predicted molar refractivity (Wildman–Crippen MR) is 67.8 cm³/mol. The summed E-state index contributed by atoms with van der Waals surface area (Å²) in [6, 6.07) is 6.61. The highest BCUT2D eigenvalue weighted by Crippen LogP contribution is 2.22. The molecule has 0 saturated carbocycles. The second-order valence-corrected chi connectivity index (χ2v) is 4.59. The lowest BCUT2D eigenvalue weighted by molar-refractivity contribution is -0.141. The number of nitrogens with zero attached hydrogens (tertiary/aromatic N) is 1. The molecule has 1 unspecified atom stereocenters. The number of nitrogens with one attached hydrogen (secondary N) is 1. The van der Waals surface area contributed by atoms with Gasteiger partial charge in [-0.2, -0.15) is 0 Å². The van der Waals surface area contributed by atoms with Gasteiger partial charge in [-0.25, -0.2) is 4.79 Å². The molecule has 1 aromatic rings. The van der Waals surface area contributed by atoms with Crippen LogP contribution >= 0.6 is 11.6 Å². The average Bonchev–Trinajstić information content (AvgIpc) is 2.81. The molecule has 0 radical (unpaired) electrons. The van der Waals surface area contributed by atoms with Gasteiger partial charge in [0.15, 0.2) is 0 Å². The fourth-order valence-electron chi connectivity index (χ4n) is 1.90. The molecular weight excluding hydrogens is 256 g/mol. The molecule has 18 heavy (non-hydrogen) atoms. The van der Waals surface area contributed by atoms with Crippen molar-refractivity contribution in [2.45, 2.75) is 6.42 Å². The minimum Gasteiger partial charge on any atom is -0.481 e. The number of benzene rings is 1. The zero-order valence-corrected chi connectivity index (χ0v) is 10.4. The van der Waals surface area contributed by atoms with Gasteiger partial charge in [0.05, 0.1) is 16.6 Å². The number of aliphatic carboxylic acids is 1. The number of carboxylic acid groups (broad SMARTS) is 1. The van der Waals surface area contributed by atoms with Crippen molar-refractivity contribution in [3.8, 4) is 0 Å². The minimum atomic E-state index is -0.858. The highest BCUT2D eigenvalue weighted by atomic mass is 35.5. The number of carbonyl (C=O) groups excluding carboxylic acids is 1. The number of halogens is 1. The Morgan fingerprint density at radius 3 is 2.72 bits per heavy atom. The summed E-state index contributed by atoms with van der Waals surface area (Å²) < 4.78 is 0. The van der Waals surface area contributed by atoms with Gasteiger partial charge in [0.25, 0.3) is 0 Å². The van der Waals surface area contributed by atoms with Gasteiger partial charge in [-0.05, 0) is 18.6 Å². The van der Waals surface area contributed by atoms with Crippen LogP contribution in [-0.2, 0) is 4.79 Å². The van der Waals surface area contributed by atoms with Crippen molar-refractivity contribution in [3.05, 3.63) is 29.3 Å². The number of para-hydroxylation sites is 1. The molecule has 2 amide bonds. The third-order valence-electron chi connectivity index (χ3n) is 2.94. The Morgan fingerprint density at radius 2 is 2.11 bits per heavy atom. The van der Waals surface area contributed by atoms with Crippen LogP contribution in [0.5, 0.6) is 0 Å². The summed E-state index contributed by atoms with van der Waals surface area (Å²) in [5, 5.41) is 12.0. The Hall–Kier alpha value is -1.75. The van der Waals surface area contributed by atoms with Crippen LogP contribution in [0.15, 0.2) is 24.3 Å². The van der Waals surface area contributed by atoms with Gasteiger partial charge in [0, 0.05) is 13.1 Å². The fourth-order valence-corrected chi connectivity index (χ4v) is 2.09. The standard InChI is InChI=1S/C12H13ClN2O3/c13-9-3-1-2-4-10(9)14-12(18)15-6-5-8(7-15)11(16)17/h1-4,8H,5-7H2,(H,14,18)(H,16,17). The number of rotatable bonds is 2. The molecular formula is C12H13ClN2O3. The van der Waals surface area contributed by atoms with Gasteiger partial charge in [-0.15, -0.1) is 0 Å². The van der Waals surface area contributed by atoms with Crippen molar-refractivity contribution in [2.24, 2.45) is 5.92 Å². The SMILES string of the molecule is O=C(O)C1CCN(C(=O)Nc2ccccc2Cl)C1. The molecule has 2 N–H and O–H groups in total. The van der Waals surface area contributed by atoms with Crippen molar-refractivity contribution in [1.29, 1.82) is 0 Å². The summed E-state index contributed by atoms with van der Waals surface area (Å²) in [6.07, 6.45) is 0.491. The molecule has 1 aliphatic heterocycles. The van der Waals surface area contributed by atoms with Crippen LogP contribution in [0.1, 0.15) is 6.42 Å². The minimum absolute atomic E-state index is 0.242. The molecule has 5 nitrogen and oxygen atoms in total. The molecule has 0 aromatic heterocycles. The van der Waals surface area contributed by atoms with Crippen molar-refractivity contribution >= 4 is 29.3 Å². The van der Waals surface area contributed by atoms with Crippen LogP contribution in [0.4, 0.5) is 10.5 Å². The van der Waals surface area contributed by atoms with E-state index in [1.165, 1.54) is 4.90 Å². The van der Waals surface area contributed by atoms with Gasteiger partial charge in [-0.1, -0.05) is 23.7 Å². The van der Waals surface area contributed by atoms with Crippen LogP contribution < -0.4 is 5.32 Å². The van der Waals surface area contributed by atoms with Crippen LogP contribution in [0.2, 0.25) is 5.02 Å². The molecule has 0 bridgehead atoms. The van der Waals surface area contributed by atoms with E-state index in [2.05, 4.69) is 5.32 Å². The quantitative estimate of drug-likeness (QED) is 0.864. The third kappa shape index (κ3) is 2.73. The topological polar surface area (TPSA) is 69.6 Å². The van der Waals surface area contributed by atoms with Gasteiger partial charge in [0.2, 0.25) is 0 Å². The van der Waals surface area contributed by atoms with Crippen molar-refractivity contribution in [1.82, 2.24) is 4.90 Å². The molecule has 1 atom stereocenters. The lowest BCUT2D eigenvalue weighted by Gasteiger charge is -2.17. The highest BCUT2D eigenvalue weighted by molar-refractivity contribution is 6.33. The van der Waals surface area contributed by atoms with E-state index in [0.717, 1.165) is 0 Å². The first kappa shape index (κ1) is 12.7. The van der Waals surface area contributed by atoms with E-state index in [1.807, 2.05) is 0 Å². The highest BCUT2D eigenvalue weighted by Gasteiger charge is 2.30. The van der Waals surface area contributed by atoms with E-state index in [0.29, 0.717) is 23.7 Å². The van der Waals surface area contributed by atoms with E-state index in [9.17, 15) is 9.59 Å². The van der Waals surface area contributed by atoms with Gasteiger partial charge >= 0.3 is 12.0 Å². The number of urea groups is 1.